The predicted octanol–water partition coefficient (Wildman–Crippen LogP) is 2.11. The molecule has 10 heteroatoms. The van der Waals surface area contributed by atoms with Gasteiger partial charge in [0.25, 0.3) is 11.8 Å². The smallest absolute Gasteiger partial charge is 0.256 e. The Balaban J connectivity index is 1.50. The number of halogens is 1. The Morgan fingerprint density at radius 3 is 2.82 bits per heavy atom. The molecule has 8 nitrogen and oxygen atoms in total. The molecule has 1 aromatic heterocycles. The van der Waals surface area contributed by atoms with E-state index in [1.165, 1.54) is 24.5 Å². The zero-order valence-corrected chi connectivity index (χ0v) is 19.6. The van der Waals surface area contributed by atoms with Gasteiger partial charge in [0, 0.05) is 54.6 Å². The summed E-state index contributed by atoms with van der Waals surface area (Å²) in [6.07, 6.45) is 3.61. The lowest BCUT2D eigenvalue weighted by atomic mass is 10.0. The fourth-order valence-electron chi connectivity index (χ4n) is 4.41. The molecule has 0 spiro atoms. The van der Waals surface area contributed by atoms with Crippen LogP contribution in [0.15, 0.2) is 18.2 Å². The van der Waals surface area contributed by atoms with E-state index in [0.29, 0.717) is 52.4 Å². The number of nitrogens with zero attached hydrogens (tertiary/aromatic N) is 1. The number of rotatable bonds is 6. The SMILES string of the molecule is Cc1[nH]c(C=C2C(=O)Nc3ccc(F)cc32)c(C)c1C(=O)N[C@H]1CCN(CCS(C)(=O)=O)C1. The number of carbonyl (C=O) groups excluding carboxylic acids is 2. The molecule has 3 heterocycles. The summed E-state index contributed by atoms with van der Waals surface area (Å²) in [6.45, 7) is 5.38. The molecule has 0 aliphatic carbocycles. The zero-order chi connectivity index (χ0) is 23.9. The van der Waals surface area contributed by atoms with E-state index in [2.05, 4.69) is 15.6 Å². The Morgan fingerprint density at radius 2 is 2.09 bits per heavy atom. The third kappa shape index (κ3) is 5.01. The molecule has 2 aliphatic rings. The van der Waals surface area contributed by atoms with Crippen molar-refractivity contribution in [2.75, 3.05) is 37.0 Å². The molecular formula is C23H27FN4O4S. The number of H-pyrrole nitrogens is 1. The molecule has 1 aromatic carbocycles. The Hall–Kier alpha value is -2.98. The molecule has 2 aliphatic heterocycles. The van der Waals surface area contributed by atoms with Gasteiger partial charge in [-0.3, -0.25) is 9.59 Å². The summed E-state index contributed by atoms with van der Waals surface area (Å²) in [6, 6.07) is 4.06. The van der Waals surface area contributed by atoms with Crippen LogP contribution in [0.4, 0.5) is 10.1 Å². The second kappa shape index (κ2) is 8.75. The highest BCUT2D eigenvalue weighted by Gasteiger charge is 2.28. The van der Waals surface area contributed by atoms with Crippen molar-refractivity contribution in [2.24, 2.45) is 0 Å². The maximum absolute atomic E-state index is 13.7. The van der Waals surface area contributed by atoms with Crippen LogP contribution in [0.2, 0.25) is 0 Å². The van der Waals surface area contributed by atoms with Crippen molar-refractivity contribution >= 4 is 39.0 Å². The summed E-state index contributed by atoms with van der Waals surface area (Å²) in [5.74, 6) is -0.878. The van der Waals surface area contributed by atoms with Gasteiger partial charge in [-0.25, -0.2) is 12.8 Å². The van der Waals surface area contributed by atoms with E-state index >= 15 is 0 Å². The summed E-state index contributed by atoms with van der Waals surface area (Å²) >= 11 is 0. The van der Waals surface area contributed by atoms with Crippen molar-refractivity contribution < 1.29 is 22.4 Å². The monoisotopic (exact) mass is 474 g/mol. The van der Waals surface area contributed by atoms with Gasteiger partial charge >= 0.3 is 0 Å². The summed E-state index contributed by atoms with van der Waals surface area (Å²) in [5, 5.41) is 5.76. The lowest BCUT2D eigenvalue weighted by molar-refractivity contribution is -0.110. The Morgan fingerprint density at radius 1 is 1.33 bits per heavy atom. The number of amides is 2. The normalized spacial score (nSPS) is 19.7. The van der Waals surface area contributed by atoms with E-state index in [-0.39, 0.29) is 23.6 Å². The van der Waals surface area contributed by atoms with Crippen LogP contribution in [0.1, 0.15) is 39.3 Å². The van der Waals surface area contributed by atoms with E-state index in [1.54, 1.807) is 19.9 Å². The maximum Gasteiger partial charge on any atom is 0.256 e. The number of aromatic nitrogens is 1. The third-order valence-corrected chi connectivity index (χ3v) is 7.07. The molecule has 1 fully saturated rings. The molecular weight excluding hydrogens is 447 g/mol. The van der Waals surface area contributed by atoms with Crippen molar-refractivity contribution in [1.82, 2.24) is 15.2 Å². The van der Waals surface area contributed by atoms with E-state index < -0.39 is 15.7 Å². The molecule has 0 unspecified atom stereocenters. The number of carbonyl (C=O) groups is 2. The predicted molar refractivity (Wildman–Crippen MR) is 125 cm³/mol. The largest absolute Gasteiger partial charge is 0.358 e. The average Bonchev–Trinajstić information content (AvgIpc) is 3.37. The number of likely N-dealkylation sites (tertiary alicyclic amines) is 1. The van der Waals surface area contributed by atoms with Crippen LogP contribution in [-0.4, -0.2) is 67.8 Å². The van der Waals surface area contributed by atoms with Gasteiger partial charge in [-0.15, -0.1) is 0 Å². The first-order valence-corrected chi connectivity index (χ1v) is 12.8. The average molecular weight is 475 g/mol. The maximum atomic E-state index is 13.7. The van der Waals surface area contributed by atoms with Crippen LogP contribution in [0.3, 0.4) is 0 Å². The minimum atomic E-state index is -3.03. The van der Waals surface area contributed by atoms with Crippen molar-refractivity contribution in [3.63, 3.8) is 0 Å². The molecule has 1 atom stereocenters. The third-order valence-electron chi connectivity index (χ3n) is 6.14. The number of sulfone groups is 1. The number of aromatic amines is 1. The van der Waals surface area contributed by atoms with Gasteiger partial charge in [0.05, 0.1) is 16.9 Å². The molecule has 3 N–H and O–H groups in total. The van der Waals surface area contributed by atoms with Gasteiger partial charge in [-0.05, 0) is 50.1 Å². The highest BCUT2D eigenvalue weighted by molar-refractivity contribution is 7.90. The molecule has 4 rings (SSSR count). The van der Waals surface area contributed by atoms with Crippen LogP contribution >= 0.6 is 0 Å². The molecule has 176 valence electrons. The topological polar surface area (TPSA) is 111 Å². The minimum absolute atomic E-state index is 0.0666. The second-order valence-corrected chi connectivity index (χ2v) is 11.0. The first kappa shape index (κ1) is 23.2. The van der Waals surface area contributed by atoms with E-state index in [1.807, 2.05) is 4.90 Å². The summed E-state index contributed by atoms with van der Waals surface area (Å²) in [5.41, 5.74) is 3.85. The lowest BCUT2D eigenvalue weighted by Gasteiger charge is -2.16. The Labute approximate surface area is 192 Å². The molecule has 1 saturated heterocycles. The van der Waals surface area contributed by atoms with Crippen LogP contribution < -0.4 is 10.6 Å². The van der Waals surface area contributed by atoms with E-state index in [9.17, 15) is 22.4 Å². The van der Waals surface area contributed by atoms with Crippen LogP contribution in [0, 0.1) is 19.7 Å². The van der Waals surface area contributed by atoms with Crippen molar-refractivity contribution in [3.05, 3.63) is 52.1 Å². The molecule has 2 amide bonds. The van der Waals surface area contributed by atoms with Crippen molar-refractivity contribution in [3.8, 4) is 0 Å². The highest BCUT2D eigenvalue weighted by Crippen LogP contribution is 2.34. The number of nitrogens with one attached hydrogen (secondary N) is 3. The number of benzene rings is 1. The summed E-state index contributed by atoms with van der Waals surface area (Å²) in [7, 11) is -3.03. The molecule has 2 aromatic rings. The number of anilines is 1. The second-order valence-electron chi connectivity index (χ2n) is 8.76. The lowest BCUT2D eigenvalue weighted by Crippen LogP contribution is -2.38. The standard InChI is InChI=1S/C23H27FN4O4S/c1-13-20(11-18-17-10-15(24)4-5-19(17)27-22(18)29)25-14(2)21(13)23(30)26-16-6-7-28(12-16)8-9-33(3,31)32/h4-5,10-11,16,25H,6-9,12H2,1-3H3,(H,26,30)(H,27,29)/t16-/m0/s1. The number of fused-ring (bicyclic) bond motifs is 1. The fourth-order valence-corrected chi connectivity index (χ4v) is 5.00. The molecule has 0 radical (unpaired) electrons. The van der Waals surface area contributed by atoms with Crippen LogP contribution in [0.25, 0.3) is 11.6 Å². The number of hydrogen-bond donors (Lipinski definition) is 3. The zero-order valence-electron chi connectivity index (χ0n) is 18.8. The first-order chi connectivity index (χ1) is 15.5. The number of hydrogen-bond acceptors (Lipinski definition) is 5. The Bertz CT molecular complexity index is 1270. The van der Waals surface area contributed by atoms with Crippen molar-refractivity contribution in [1.29, 1.82) is 0 Å². The quantitative estimate of drug-likeness (QED) is 0.556. The Kier molecular flexibility index (Phi) is 6.15. The number of aryl methyl sites for hydroxylation is 1. The van der Waals surface area contributed by atoms with Gasteiger partial charge in [0.1, 0.15) is 15.7 Å². The van der Waals surface area contributed by atoms with Crippen molar-refractivity contribution in [2.45, 2.75) is 26.3 Å². The minimum Gasteiger partial charge on any atom is -0.358 e. The highest BCUT2D eigenvalue weighted by atomic mass is 32.2. The van der Waals surface area contributed by atoms with E-state index in [4.69, 9.17) is 0 Å². The first-order valence-electron chi connectivity index (χ1n) is 10.7. The summed E-state index contributed by atoms with van der Waals surface area (Å²) in [4.78, 5) is 30.7. The van der Waals surface area contributed by atoms with Gasteiger partial charge < -0.3 is 20.5 Å². The summed E-state index contributed by atoms with van der Waals surface area (Å²) < 4.78 is 36.5. The fraction of sp³-hybridized carbons (Fsp3) is 0.391. The van der Waals surface area contributed by atoms with Gasteiger partial charge in [-0.2, -0.15) is 0 Å². The molecule has 33 heavy (non-hydrogen) atoms. The molecule has 0 saturated carbocycles. The van der Waals surface area contributed by atoms with Gasteiger partial charge in [0.15, 0.2) is 0 Å². The molecule has 0 bridgehead atoms. The van der Waals surface area contributed by atoms with Gasteiger partial charge in [-0.1, -0.05) is 0 Å². The van der Waals surface area contributed by atoms with Crippen LogP contribution in [0.5, 0.6) is 0 Å². The van der Waals surface area contributed by atoms with E-state index in [0.717, 1.165) is 13.0 Å². The van der Waals surface area contributed by atoms with Gasteiger partial charge in [0.2, 0.25) is 0 Å². The van der Waals surface area contributed by atoms with Crippen LogP contribution in [-0.2, 0) is 14.6 Å².